The van der Waals surface area contributed by atoms with E-state index in [-0.39, 0.29) is 11.8 Å². The molecule has 0 saturated heterocycles. The Morgan fingerprint density at radius 2 is 2.10 bits per heavy atom. The number of rotatable bonds is 6. The average Bonchev–Trinajstić information content (AvgIpc) is 2.46. The van der Waals surface area contributed by atoms with Crippen LogP contribution in [0.3, 0.4) is 0 Å². The number of hydrogen-bond donors (Lipinski definition) is 3. The molecule has 20 heavy (non-hydrogen) atoms. The second kappa shape index (κ2) is 7.05. The van der Waals surface area contributed by atoms with E-state index in [1.54, 1.807) is 0 Å². The summed E-state index contributed by atoms with van der Waals surface area (Å²) in [5, 5.41) is 6.17. The van der Waals surface area contributed by atoms with Gasteiger partial charge in [-0.15, -0.1) is 0 Å². The smallest absolute Gasteiger partial charge is 0.251 e. The largest absolute Gasteiger partial charge is 0.370 e. The van der Waals surface area contributed by atoms with E-state index in [0.717, 1.165) is 25.9 Å². The maximum atomic E-state index is 12.0. The number of unbranched alkanes of at least 4 members (excludes halogenated alkanes) is 1. The average molecular weight is 275 g/mol. The van der Waals surface area contributed by atoms with E-state index in [0.29, 0.717) is 24.9 Å². The number of hydrogen-bond acceptors (Lipinski definition) is 3. The maximum absolute atomic E-state index is 12.0. The van der Waals surface area contributed by atoms with E-state index >= 15 is 0 Å². The third-order valence-electron chi connectivity index (χ3n) is 3.49. The van der Waals surface area contributed by atoms with Crippen molar-refractivity contribution in [1.82, 2.24) is 10.6 Å². The summed E-state index contributed by atoms with van der Waals surface area (Å²) in [6, 6.07) is 5.88. The first-order valence-corrected chi connectivity index (χ1v) is 7.06. The summed E-state index contributed by atoms with van der Waals surface area (Å²) in [6.07, 6.45) is 2.87. The zero-order valence-corrected chi connectivity index (χ0v) is 11.6. The lowest BCUT2D eigenvalue weighted by Gasteiger charge is -2.17. The molecule has 0 unspecified atom stereocenters. The first-order valence-electron chi connectivity index (χ1n) is 7.06. The molecule has 4 N–H and O–H groups in total. The molecule has 1 aliphatic rings. The van der Waals surface area contributed by atoms with Crippen molar-refractivity contribution in [2.45, 2.75) is 32.2 Å². The Bertz CT molecular complexity index is 500. The van der Waals surface area contributed by atoms with Crippen molar-refractivity contribution < 1.29 is 9.59 Å². The summed E-state index contributed by atoms with van der Waals surface area (Å²) >= 11 is 0. The van der Waals surface area contributed by atoms with Crippen LogP contribution >= 0.6 is 0 Å². The summed E-state index contributed by atoms with van der Waals surface area (Å²) in [4.78, 5) is 22.6. The number of amides is 2. The van der Waals surface area contributed by atoms with Gasteiger partial charge < -0.3 is 16.4 Å². The van der Waals surface area contributed by atoms with E-state index in [1.165, 1.54) is 11.1 Å². The minimum absolute atomic E-state index is 0.0579. The number of primary amides is 1. The van der Waals surface area contributed by atoms with Gasteiger partial charge in [-0.1, -0.05) is 6.07 Å². The van der Waals surface area contributed by atoms with Gasteiger partial charge in [0.1, 0.15) is 0 Å². The Morgan fingerprint density at radius 3 is 2.90 bits per heavy atom. The molecule has 0 atom stereocenters. The van der Waals surface area contributed by atoms with Crippen LogP contribution in [0.5, 0.6) is 0 Å². The minimum atomic E-state index is -0.293. The van der Waals surface area contributed by atoms with Gasteiger partial charge in [-0.3, -0.25) is 9.59 Å². The molecule has 0 radical (unpaired) electrons. The van der Waals surface area contributed by atoms with Crippen LogP contribution in [-0.2, 0) is 17.8 Å². The Labute approximate surface area is 118 Å². The van der Waals surface area contributed by atoms with Crippen LogP contribution in [0.15, 0.2) is 18.2 Å². The van der Waals surface area contributed by atoms with Gasteiger partial charge in [0, 0.05) is 25.1 Å². The van der Waals surface area contributed by atoms with Crippen LogP contribution in [0.4, 0.5) is 0 Å². The van der Waals surface area contributed by atoms with Gasteiger partial charge in [0.25, 0.3) is 5.91 Å². The van der Waals surface area contributed by atoms with E-state index < -0.39 is 0 Å². The fraction of sp³-hybridized carbons (Fsp3) is 0.467. The van der Waals surface area contributed by atoms with E-state index in [2.05, 4.69) is 10.6 Å². The van der Waals surface area contributed by atoms with Crippen LogP contribution in [0.25, 0.3) is 0 Å². The monoisotopic (exact) mass is 275 g/mol. The second-order valence-electron chi connectivity index (χ2n) is 5.09. The topological polar surface area (TPSA) is 84.2 Å². The van der Waals surface area contributed by atoms with Crippen molar-refractivity contribution in [1.29, 1.82) is 0 Å². The third kappa shape index (κ3) is 4.06. The molecule has 0 aromatic heterocycles. The van der Waals surface area contributed by atoms with Crippen molar-refractivity contribution in [3.05, 3.63) is 34.9 Å². The van der Waals surface area contributed by atoms with Gasteiger partial charge in [0.15, 0.2) is 0 Å². The molecule has 2 rings (SSSR count). The summed E-state index contributed by atoms with van der Waals surface area (Å²) in [7, 11) is 0. The van der Waals surface area contributed by atoms with Crippen molar-refractivity contribution in [2.75, 3.05) is 13.1 Å². The zero-order chi connectivity index (χ0) is 14.4. The summed E-state index contributed by atoms with van der Waals surface area (Å²) in [6.45, 7) is 2.40. The highest BCUT2D eigenvalue weighted by atomic mass is 16.2. The summed E-state index contributed by atoms with van der Waals surface area (Å²) in [5.41, 5.74) is 8.28. The van der Waals surface area contributed by atoms with Crippen molar-refractivity contribution >= 4 is 11.8 Å². The Hall–Kier alpha value is -1.88. The van der Waals surface area contributed by atoms with E-state index in [4.69, 9.17) is 5.73 Å². The molecule has 0 saturated carbocycles. The van der Waals surface area contributed by atoms with Crippen molar-refractivity contribution in [3.63, 3.8) is 0 Å². The highest BCUT2D eigenvalue weighted by molar-refractivity contribution is 5.94. The molecule has 5 heteroatoms. The van der Waals surface area contributed by atoms with Gasteiger partial charge in [-0.2, -0.15) is 0 Å². The molecule has 0 aliphatic carbocycles. The molecule has 1 aromatic rings. The fourth-order valence-corrected chi connectivity index (χ4v) is 2.35. The standard InChI is InChI=1S/C15H21N3O2/c16-14(19)3-1-2-7-18-15(20)12-5-4-11-6-8-17-10-13(11)9-12/h4-5,9,17H,1-3,6-8,10H2,(H2,16,19)(H,18,20). The van der Waals surface area contributed by atoms with Gasteiger partial charge in [0.2, 0.25) is 5.91 Å². The highest BCUT2D eigenvalue weighted by Gasteiger charge is 2.12. The molecule has 5 nitrogen and oxygen atoms in total. The van der Waals surface area contributed by atoms with Gasteiger partial charge in [-0.05, 0) is 49.1 Å². The third-order valence-corrected chi connectivity index (χ3v) is 3.49. The van der Waals surface area contributed by atoms with Gasteiger partial charge >= 0.3 is 0 Å². The number of nitrogens with one attached hydrogen (secondary N) is 2. The Balaban J connectivity index is 1.82. The summed E-state index contributed by atoms with van der Waals surface area (Å²) in [5.74, 6) is -0.351. The van der Waals surface area contributed by atoms with Crippen LogP contribution in [0.1, 0.15) is 40.7 Å². The van der Waals surface area contributed by atoms with Gasteiger partial charge in [-0.25, -0.2) is 0 Å². The maximum Gasteiger partial charge on any atom is 0.251 e. The minimum Gasteiger partial charge on any atom is -0.370 e. The SMILES string of the molecule is NC(=O)CCCCNC(=O)c1ccc2c(c1)CNCC2. The predicted octanol–water partition coefficient (Wildman–Crippen LogP) is 0.718. The first kappa shape index (κ1) is 14.5. The lowest BCUT2D eigenvalue weighted by molar-refractivity contribution is -0.118. The second-order valence-corrected chi connectivity index (χ2v) is 5.09. The van der Waals surface area contributed by atoms with E-state index in [9.17, 15) is 9.59 Å². The molecule has 0 spiro atoms. The van der Waals surface area contributed by atoms with Gasteiger partial charge in [0.05, 0.1) is 0 Å². The molecule has 1 aliphatic heterocycles. The number of benzene rings is 1. The van der Waals surface area contributed by atoms with Crippen LogP contribution in [-0.4, -0.2) is 24.9 Å². The summed E-state index contributed by atoms with van der Waals surface area (Å²) < 4.78 is 0. The Kier molecular flexibility index (Phi) is 5.12. The molecule has 0 fully saturated rings. The predicted molar refractivity (Wildman–Crippen MR) is 77.2 cm³/mol. The number of fused-ring (bicyclic) bond motifs is 1. The lowest BCUT2D eigenvalue weighted by atomic mass is 9.98. The van der Waals surface area contributed by atoms with Crippen LogP contribution in [0.2, 0.25) is 0 Å². The van der Waals surface area contributed by atoms with Crippen LogP contribution in [0, 0.1) is 0 Å². The molecule has 1 heterocycles. The normalized spacial score (nSPS) is 13.6. The number of nitrogens with two attached hydrogens (primary N) is 1. The lowest BCUT2D eigenvalue weighted by Crippen LogP contribution is -2.27. The molecular weight excluding hydrogens is 254 g/mol. The van der Waals surface area contributed by atoms with E-state index in [1.807, 2.05) is 18.2 Å². The fourth-order valence-electron chi connectivity index (χ4n) is 2.35. The van der Waals surface area contributed by atoms with Crippen molar-refractivity contribution in [2.24, 2.45) is 5.73 Å². The highest BCUT2D eigenvalue weighted by Crippen LogP contribution is 2.15. The molecular formula is C15H21N3O2. The number of carbonyl (C=O) groups is 2. The number of carbonyl (C=O) groups excluding carboxylic acids is 2. The Morgan fingerprint density at radius 1 is 1.25 bits per heavy atom. The molecule has 1 aromatic carbocycles. The van der Waals surface area contributed by atoms with Crippen molar-refractivity contribution in [3.8, 4) is 0 Å². The molecule has 0 bridgehead atoms. The molecule has 108 valence electrons. The van der Waals surface area contributed by atoms with Crippen LogP contribution < -0.4 is 16.4 Å². The quantitative estimate of drug-likeness (QED) is 0.669. The zero-order valence-electron chi connectivity index (χ0n) is 11.6. The molecule has 2 amide bonds. The first-order chi connectivity index (χ1) is 9.66.